The zero-order valence-electron chi connectivity index (χ0n) is 8.84. The maximum Gasteiger partial charge on any atom is 0.102 e. The molecule has 3 heteroatoms. The van der Waals surface area contributed by atoms with E-state index in [0.717, 1.165) is 13.1 Å². The molecule has 0 spiro atoms. The van der Waals surface area contributed by atoms with Crippen LogP contribution in [0.5, 0.6) is 0 Å². The number of nitrogens with one attached hydrogen (secondary N) is 1. The molecule has 82 valence electrons. The summed E-state index contributed by atoms with van der Waals surface area (Å²) in [7, 11) is 0. The lowest BCUT2D eigenvalue weighted by Gasteiger charge is -2.30. The molecule has 0 aromatic carbocycles. The van der Waals surface area contributed by atoms with Crippen molar-refractivity contribution < 1.29 is 4.39 Å². The van der Waals surface area contributed by atoms with Crippen LogP contribution in [0.15, 0.2) is 0 Å². The second-order valence-corrected chi connectivity index (χ2v) is 4.56. The summed E-state index contributed by atoms with van der Waals surface area (Å²) in [6.45, 7) is 2.67. The number of nitrogens with zero attached hydrogens (tertiary/aromatic N) is 1. The van der Waals surface area contributed by atoms with E-state index in [1.165, 1.54) is 32.1 Å². The Morgan fingerprint density at radius 3 is 2.64 bits per heavy atom. The minimum atomic E-state index is -0.191. The minimum Gasteiger partial charge on any atom is -0.313 e. The molecule has 0 aromatic heterocycles. The minimum absolute atomic E-state index is 0.191. The Balaban J connectivity index is 1.73. The molecule has 2 nitrogen and oxygen atoms in total. The van der Waals surface area contributed by atoms with Crippen molar-refractivity contribution in [1.82, 2.24) is 10.2 Å². The van der Waals surface area contributed by atoms with Gasteiger partial charge >= 0.3 is 0 Å². The highest BCUT2D eigenvalue weighted by molar-refractivity contribution is 4.87. The van der Waals surface area contributed by atoms with Crippen molar-refractivity contribution in [3.05, 3.63) is 0 Å². The van der Waals surface area contributed by atoms with Crippen molar-refractivity contribution in [2.45, 2.75) is 44.2 Å². The number of hydrogen-bond donors (Lipinski definition) is 1. The van der Waals surface area contributed by atoms with E-state index < -0.39 is 0 Å². The maximum atomic E-state index is 12.3. The third-order valence-electron chi connectivity index (χ3n) is 3.30. The fraction of sp³-hybridized carbons (Fsp3) is 1.00. The zero-order valence-corrected chi connectivity index (χ0v) is 8.84. The first kappa shape index (κ1) is 10.4. The SMILES string of the molecule is FCCN(CC1CCCCN1)C1CC1. The van der Waals surface area contributed by atoms with Gasteiger partial charge in [-0.05, 0) is 32.2 Å². The fourth-order valence-electron chi connectivity index (χ4n) is 2.33. The largest absolute Gasteiger partial charge is 0.313 e. The topological polar surface area (TPSA) is 15.3 Å². The number of rotatable bonds is 5. The monoisotopic (exact) mass is 200 g/mol. The van der Waals surface area contributed by atoms with Crippen molar-refractivity contribution in [3.63, 3.8) is 0 Å². The summed E-state index contributed by atoms with van der Waals surface area (Å²) < 4.78 is 12.3. The average molecular weight is 200 g/mol. The van der Waals surface area contributed by atoms with Gasteiger partial charge in [0, 0.05) is 25.2 Å². The van der Waals surface area contributed by atoms with E-state index in [4.69, 9.17) is 0 Å². The molecule has 14 heavy (non-hydrogen) atoms. The normalized spacial score (nSPS) is 28.3. The van der Waals surface area contributed by atoms with Crippen molar-refractivity contribution in [3.8, 4) is 0 Å². The zero-order chi connectivity index (χ0) is 9.80. The molecule has 2 rings (SSSR count). The second-order valence-electron chi connectivity index (χ2n) is 4.56. The van der Waals surface area contributed by atoms with Gasteiger partial charge < -0.3 is 5.32 Å². The van der Waals surface area contributed by atoms with Gasteiger partial charge in [-0.3, -0.25) is 4.90 Å². The van der Waals surface area contributed by atoms with Gasteiger partial charge in [-0.1, -0.05) is 6.42 Å². The van der Waals surface area contributed by atoms with Gasteiger partial charge in [-0.25, -0.2) is 4.39 Å². The Morgan fingerprint density at radius 1 is 1.21 bits per heavy atom. The Bertz CT molecular complexity index is 165. The smallest absolute Gasteiger partial charge is 0.102 e. The van der Waals surface area contributed by atoms with Gasteiger partial charge in [0.2, 0.25) is 0 Å². The molecule has 0 amide bonds. The van der Waals surface area contributed by atoms with Crippen molar-refractivity contribution in [2.75, 3.05) is 26.3 Å². The third-order valence-corrected chi connectivity index (χ3v) is 3.30. The lowest BCUT2D eigenvalue weighted by Crippen LogP contribution is -2.45. The molecule has 0 bridgehead atoms. The van der Waals surface area contributed by atoms with E-state index in [0.29, 0.717) is 18.6 Å². The highest BCUT2D eigenvalue weighted by Gasteiger charge is 2.30. The molecular weight excluding hydrogens is 179 g/mol. The van der Waals surface area contributed by atoms with E-state index in [9.17, 15) is 4.39 Å². The Kier molecular flexibility index (Phi) is 3.76. The molecule has 0 radical (unpaired) electrons. The number of piperidine rings is 1. The highest BCUT2D eigenvalue weighted by atomic mass is 19.1. The quantitative estimate of drug-likeness (QED) is 0.724. The molecule has 1 N–H and O–H groups in total. The number of halogens is 1. The first-order valence-corrected chi connectivity index (χ1v) is 5.93. The predicted octanol–water partition coefficient (Wildman–Crippen LogP) is 1.56. The molecule has 2 aliphatic rings. The van der Waals surface area contributed by atoms with Crippen LogP contribution in [0.3, 0.4) is 0 Å². The van der Waals surface area contributed by atoms with Crippen LogP contribution in [0.1, 0.15) is 32.1 Å². The van der Waals surface area contributed by atoms with Gasteiger partial charge in [-0.15, -0.1) is 0 Å². The standard InChI is InChI=1S/C11H21FN2/c12-6-8-14(11-4-5-11)9-10-3-1-2-7-13-10/h10-11,13H,1-9H2. The molecule has 1 unspecified atom stereocenters. The van der Waals surface area contributed by atoms with Crippen molar-refractivity contribution in [2.24, 2.45) is 0 Å². The first-order chi connectivity index (χ1) is 6.90. The van der Waals surface area contributed by atoms with E-state index in [-0.39, 0.29) is 6.67 Å². The molecule has 1 aliphatic heterocycles. The number of alkyl halides is 1. The summed E-state index contributed by atoms with van der Waals surface area (Å²) in [4.78, 5) is 2.34. The Labute approximate surface area is 85.9 Å². The summed E-state index contributed by atoms with van der Waals surface area (Å²) in [5, 5.41) is 3.53. The molecule has 2 fully saturated rings. The van der Waals surface area contributed by atoms with Gasteiger partial charge in [0.1, 0.15) is 6.67 Å². The average Bonchev–Trinajstić information content (AvgIpc) is 3.02. The van der Waals surface area contributed by atoms with Crippen molar-refractivity contribution in [1.29, 1.82) is 0 Å². The predicted molar refractivity (Wildman–Crippen MR) is 56.2 cm³/mol. The summed E-state index contributed by atoms with van der Waals surface area (Å²) >= 11 is 0. The molecule has 0 aromatic rings. The lowest BCUT2D eigenvalue weighted by molar-refractivity contribution is 0.200. The fourth-order valence-corrected chi connectivity index (χ4v) is 2.33. The summed E-state index contributed by atoms with van der Waals surface area (Å²) in [6, 6.07) is 1.32. The van der Waals surface area contributed by atoms with E-state index in [1.807, 2.05) is 0 Å². The van der Waals surface area contributed by atoms with Gasteiger partial charge in [0.25, 0.3) is 0 Å². The van der Waals surface area contributed by atoms with Crippen LogP contribution < -0.4 is 5.32 Å². The van der Waals surface area contributed by atoms with Crippen LogP contribution in [-0.4, -0.2) is 43.3 Å². The molecule has 1 heterocycles. The Morgan fingerprint density at radius 2 is 2.07 bits per heavy atom. The second kappa shape index (κ2) is 5.08. The lowest BCUT2D eigenvalue weighted by atomic mass is 10.0. The molecule has 1 saturated carbocycles. The van der Waals surface area contributed by atoms with E-state index in [2.05, 4.69) is 10.2 Å². The van der Waals surface area contributed by atoms with Crippen LogP contribution in [0.25, 0.3) is 0 Å². The third kappa shape index (κ3) is 2.92. The van der Waals surface area contributed by atoms with Gasteiger partial charge in [0.15, 0.2) is 0 Å². The van der Waals surface area contributed by atoms with Crippen molar-refractivity contribution >= 4 is 0 Å². The van der Waals surface area contributed by atoms with Crippen LogP contribution >= 0.6 is 0 Å². The number of hydrogen-bond acceptors (Lipinski definition) is 2. The summed E-state index contributed by atoms with van der Waals surface area (Å²) in [5.41, 5.74) is 0. The summed E-state index contributed by atoms with van der Waals surface area (Å²) in [6.07, 6.45) is 6.49. The van der Waals surface area contributed by atoms with Crippen LogP contribution in [0, 0.1) is 0 Å². The molecule has 1 atom stereocenters. The van der Waals surface area contributed by atoms with E-state index in [1.54, 1.807) is 0 Å². The highest BCUT2D eigenvalue weighted by Crippen LogP contribution is 2.27. The molecule has 1 saturated heterocycles. The molecule has 1 aliphatic carbocycles. The maximum absolute atomic E-state index is 12.3. The Hall–Kier alpha value is -0.150. The van der Waals surface area contributed by atoms with Crippen LogP contribution in [-0.2, 0) is 0 Å². The van der Waals surface area contributed by atoms with Crippen LogP contribution in [0.2, 0.25) is 0 Å². The summed E-state index contributed by atoms with van der Waals surface area (Å²) in [5.74, 6) is 0. The van der Waals surface area contributed by atoms with Crippen LogP contribution in [0.4, 0.5) is 4.39 Å². The van der Waals surface area contributed by atoms with E-state index >= 15 is 0 Å². The van der Waals surface area contributed by atoms with Gasteiger partial charge in [0.05, 0.1) is 0 Å². The molecular formula is C11H21FN2. The van der Waals surface area contributed by atoms with Gasteiger partial charge in [-0.2, -0.15) is 0 Å². The first-order valence-electron chi connectivity index (χ1n) is 5.93.